The van der Waals surface area contributed by atoms with E-state index in [1.807, 2.05) is 37.3 Å². The lowest BCUT2D eigenvalue weighted by Gasteiger charge is -2.36. The van der Waals surface area contributed by atoms with Gasteiger partial charge in [0.25, 0.3) is 0 Å². The molecule has 0 bridgehead atoms. The van der Waals surface area contributed by atoms with Gasteiger partial charge in [0.15, 0.2) is 8.32 Å². The maximum absolute atomic E-state index is 12.4. The topological polar surface area (TPSA) is 84.9 Å². The van der Waals surface area contributed by atoms with Gasteiger partial charge in [0, 0.05) is 6.61 Å². The van der Waals surface area contributed by atoms with E-state index >= 15 is 0 Å². The van der Waals surface area contributed by atoms with Crippen molar-refractivity contribution in [2.24, 2.45) is 0 Å². The zero-order chi connectivity index (χ0) is 22.8. The predicted molar refractivity (Wildman–Crippen MR) is 122 cm³/mol. The van der Waals surface area contributed by atoms with Crippen molar-refractivity contribution >= 4 is 20.4 Å². The molecule has 1 atom stereocenters. The highest BCUT2D eigenvalue weighted by Crippen LogP contribution is 2.36. The minimum atomic E-state index is -1.91. The summed E-state index contributed by atoms with van der Waals surface area (Å²) >= 11 is 0. The summed E-state index contributed by atoms with van der Waals surface area (Å²) in [6.07, 6.45) is 3.74. The Morgan fingerprint density at radius 3 is 2.33 bits per heavy atom. The highest BCUT2D eigenvalue weighted by atomic mass is 28.4. The van der Waals surface area contributed by atoms with E-state index < -0.39 is 25.9 Å². The number of benzene rings is 1. The van der Waals surface area contributed by atoms with Crippen LogP contribution in [0.5, 0.6) is 0 Å². The van der Waals surface area contributed by atoms with Crippen LogP contribution in [-0.2, 0) is 20.6 Å². The Morgan fingerprint density at radius 1 is 1.17 bits per heavy atom. The van der Waals surface area contributed by atoms with E-state index in [9.17, 15) is 14.7 Å². The van der Waals surface area contributed by atoms with Crippen LogP contribution in [0, 0.1) is 0 Å². The molecule has 1 unspecified atom stereocenters. The molecule has 1 rings (SSSR count). The molecule has 0 aliphatic rings. The minimum Gasteiger partial charge on any atom is -0.479 e. The SMILES string of the molecule is CC=CCC(CCCO[Si](C)(C)C(C)(C)C)(NC(=O)OCc1ccccc1)C(=O)O. The first-order valence-electron chi connectivity index (χ1n) is 10.4. The van der Waals surface area contributed by atoms with Crippen molar-refractivity contribution in [2.75, 3.05) is 6.61 Å². The Balaban J connectivity index is 2.77. The van der Waals surface area contributed by atoms with Gasteiger partial charge in [-0.1, -0.05) is 63.3 Å². The summed E-state index contributed by atoms with van der Waals surface area (Å²) in [5.74, 6) is -1.08. The fourth-order valence-electron chi connectivity index (χ4n) is 2.65. The molecule has 30 heavy (non-hydrogen) atoms. The van der Waals surface area contributed by atoms with Crippen LogP contribution >= 0.6 is 0 Å². The lowest BCUT2D eigenvalue weighted by Crippen LogP contribution is -2.54. The third-order valence-corrected chi connectivity index (χ3v) is 10.2. The Morgan fingerprint density at radius 2 is 1.80 bits per heavy atom. The van der Waals surface area contributed by atoms with Crippen LogP contribution in [0.15, 0.2) is 42.5 Å². The van der Waals surface area contributed by atoms with E-state index in [2.05, 4.69) is 39.2 Å². The van der Waals surface area contributed by atoms with E-state index in [-0.39, 0.29) is 24.5 Å². The number of alkyl carbamates (subject to hydrolysis) is 1. The van der Waals surface area contributed by atoms with Crippen molar-refractivity contribution < 1.29 is 23.9 Å². The zero-order valence-electron chi connectivity index (χ0n) is 19.2. The average molecular weight is 436 g/mol. The molecule has 6 nitrogen and oxygen atoms in total. The van der Waals surface area contributed by atoms with Crippen molar-refractivity contribution in [3.05, 3.63) is 48.0 Å². The summed E-state index contributed by atoms with van der Waals surface area (Å²) < 4.78 is 11.4. The first kappa shape index (κ1) is 25.9. The van der Waals surface area contributed by atoms with Crippen LogP contribution < -0.4 is 5.32 Å². The largest absolute Gasteiger partial charge is 0.479 e. The molecule has 1 aromatic rings. The number of carbonyl (C=O) groups excluding carboxylic acids is 1. The molecule has 0 aliphatic carbocycles. The van der Waals surface area contributed by atoms with Crippen molar-refractivity contribution in [2.45, 2.75) is 77.2 Å². The smallest absolute Gasteiger partial charge is 0.408 e. The van der Waals surface area contributed by atoms with Gasteiger partial charge in [-0.3, -0.25) is 0 Å². The lowest BCUT2D eigenvalue weighted by molar-refractivity contribution is -0.145. The van der Waals surface area contributed by atoms with Crippen molar-refractivity contribution in [1.29, 1.82) is 0 Å². The summed E-state index contributed by atoms with van der Waals surface area (Å²) in [5, 5.41) is 12.6. The molecule has 1 aromatic carbocycles. The highest BCUT2D eigenvalue weighted by Gasteiger charge is 2.40. The van der Waals surface area contributed by atoms with Crippen LogP contribution in [0.4, 0.5) is 4.79 Å². The van der Waals surface area contributed by atoms with Crippen molar-refractivity contribution in [3.63, 3.8) is 0 Å². The monoisotopic (exact) mass is 435 g/mol. The van der Waals surface area contributed by atoms with Gasteiger partial charge >= 0.3 is 12.1 Å². The summed E-state index contributed by atoms with van der Waals surface area (Å²) in [6.45, 7) is 13.2. The molecule has 0 heterocycles. The van der Waals surface area contributed by atoms with E-state index in [0.29, 0.717) is 13.0 Å². The molecule has 0 radical (unpaired) electrons. The number of hydrogen-bond donors (Lipinski definition) is 2. The third-order valence-electron chi connectivity index (χ3n) is 5.68. The van der Waals surface area contributed by atoms with Crippen LogP contribution in [0.3, 0.4) is 0 Å². The van der Waals surface area contributed by atoms with Gasteiger partial charge in [-0.15, -0.1) is 0 Å². The quantitative estimate of drug-likeness (QED) is 0.272. The van der Waals surface area contributed by atoms with Crippen LogP contribution in [0.25, 0.3) is 0 Å². The second-order valence-corrected chi connectivity index (χ2v) is 13.9. The van der Waals surface area contributed by atoms with Crippen LogP contribution in [0.1, 0.15) is 52.5 Å². The Hall–Kier alpha value is -2.12. The van der Waals surface area contributed by atoms with Gasteiger partial charge < -0.3 is 19.6 Å². The van der Waals surface area contributed by atoms with Gasteiger partial charge in [-0.25, -0.2) is 9.59 Å². The second-order valence-electron chi connectivity index (χ2n) is 9.06. The molecule has 0 saturated heterocycles. The van der Waals surface area contributed by atoms with Gasteiger partial charge in [-0.05, 0) is 49.9 Å². The Labute approximate surface area is 181 Å². The van der Waals surface area contributed by atoms with E-state index in [1.165, 1.54) is 0 Å². The number of aliphatic carboxylic acids is 1. The van der Waals surface area contributed by atoms with Crippen molar-refractivity contribution in [1.82, 2.24) is 5.32 Å². The molecular weight excluding hydrogens is 398 g/mol. The number of carboxylic acid groups (broad SMARTS) is 1. The molecule has 1 amide bonds. The summed E-state index contributed by atoms with van der Waals surface area (Å²) in [6, 6.07) is 9.27. The molecule has 0 saturated carbocycles. The number of carboxylic acids is 1. The Kier molecular flexibility index (Phi) is 9.78. The molecule has 0 spiro atoms. The Bertz CT molecular complexity index is 712. The lowest BCUT2D eigenvalue weighted by atomic mass is 9.89. The van der Waals surface area contributed by atoms with E-state index in [0.717, 1.165) is 5.56 Å². The molecule has 2 N–H and O–H groups in total. The number of allylic oxidation sites excluding steroid dienone is 1. The van der Waals surface area contributed by atoms with Gasteiger partial charge in [0.05, 0.1) is 0 Å². The third kappa shape index (κ3) is 7.95. The molecule has 0 fully saturated rings. The normalized spacial score (nSPS) is 14.3. The number of amides is 1. The van der Waals surface area contributed by atoms with Crippen LogP contribution in [0.2, 0.25) is 18.1 Å². The fourth-order valence-corrected chi connectivity index (χ4v) is 3.74. The highest BCUT2D eigenvalue weighted by molar-refractivity contribution is 6.74. The molecule has 0 aromatic heterocycles. The van der Waals surface area contributed by atoms with Gasteiger partial charge in [0.1, 0.15) is 12.1 Å². The molecule has 168 valence electrons. The first-order chi connectivity index (χ1) is 13.9. The number of nitrogens with one attached hydrogen (secondary N) is 1. The van der Waals surface area contributed by atoms with Crippen LogP contribution in [-0.4, -0.2) is 37.6 Å². The minimum absolute atomic E-state index is 0.0838. The number of hydrogen-bond acceptors (Lipinski definition) is 4. The molecule has 0 aliphatic heterocycles. The molecular formula is C23H37NO5Si. The molecule has 7 heteroatoms. The number of rotatable bonds is 11. The van der Waals surface area contributed by atoms with E-state index in [4.69, 9.17) is 9.16 Å². The maximum Gasteiger partial charge on any atom is 0.408 e. The van der Waals surface area contributed by atoms with E-state index in [1.54, 1.807) is 12.2 Å². The summed E-state index contributed by atoms with van der Waals surface area (Å²) in [4.78, 5) is 24.5. The van der Waals surface area contributed by atoms with Crippen molar-refractivity contribution in [3.8, 4) is 0 Å². The predicted octanol–water partition coefficient (Wildman–Crippen LogP) is 5.50. The average Bonchev–Trinajstić information content (AvgIpc) is 2.67. The maximum atomic E-state index is 12.4. The van der Waals surface area contributed by atoms with Gasteiger partial charge in [0.2, 0.25) is 0 Å². The first-order valence-corrected chi connectivity index (χ1v) is 13.3. The standard InChI is InChI=1S/C23H37NO5Si/c1-7-8-15-23(20(25)26,16-12-17-29-30(5,6)22(2,3)4)24-21(27)28-18-19-13-10-9-11-14-19/h7-11,13-14H,12,15-18H2,1-6H3,(H,24,27)(H,25,26). The summed E-state index contributed by atoms with van der Waals surface area (Å²) in [7, 11) is -1.91. The van der Waals surface area contributed by atoms with Gasteiger partial charge in [-0.2, -0.15) is 0 Å². The number of carbonyl (C=O) groups is 2. The zero-order valence-corrected chi connectivity index (χ0v) is 20.2. The summed E-state index contributed by atoms with van der Waals surface area (Å²) in [5.41, 5.74) is -0.596. The number of ether oxygens (including phenoxy) is 1. The fraction of sp³-hybridized carbons (Fsp3) is 0.565. The second kappa shape index (κ2) is 11.3.